The molecule has 0 aromatic heterocycles. The van der Waals surface area contributed by atoms with Crippen molar-refractivity contribution in [1.29, 1.82) is 0 Å². The van der Waals surface area contributed by atoms with Gasteiger partial charge in [-0.3, -0.25) is 4.79 Å². The molecule has 328 valence electrons. The molecule has 0 amide bonds. The van der Waals surface area contributed by atoms with E-state index >= 15 is 0 Å². The van der Waals surface area contributed by atoms with E-state index in [1.807, 2.05) is 0 Å². The van der Waals surface area contributed by atoms with E-state index in [2.05, 4.69) is 86.8 Å². The van der Waals surface area contributed by atoms with Crippen molar-refractivity contribution in [3.63, 3.8) is 0 Å². The van der Waals surface area contributed by atoms with E-state index in [-0.39, 0.29) is 19.2 Å². The van der Waals surface area contributed by atoms with Gasteiger partial charge in [-0.25, -0.2) is 0 Å². The maximum atomic E-state index is 12.8. The molecule has 1 heterocycles. The molecule has 1 aliphatic heterocycles. The average Bonchev–Trinajstić information content (AvgIpc) is 3.21. The lowest BCUT2D eigenvalue weighted by Gasteiger charge is -2.39. The molecule has 4 N–H and O–H groups in total. The number of hydrogen-bond donors (Lipinski definition) is 4. The molecular formula is C48H82O9. The van der Waals surface area contributed by atoms with Gasteiger partial charge in [0.25, 0.3) is 0 Å². The number of rotatable bonds is 37. The lowest BCUT2D eigenvalue weighted by molar-refractivity contribution is -0.305. The molecule has 57 heavy (non-hydrogen) atoms. The molecule has 1 aliphatic rings. The molecule has 6 atom stereocenters. The molecule has 9 heteroatoms. The van der Waals surface area contributed by atoms with Crippen LogP contribution in [0.2, 0.25) is 0 Å². The number of carbonyl (C=O) groups is 1. The second kappa shape index (κ2) is 39.1. The molecular weight excluding hydrogens is 721 g/mol. The van der Waals surface area contributed by atoms with Crippen molar-refractivity contribution in [3.05, 3.63) is 72.9 Å². The summed E-state index contributed by atoms with van der Waals surface area (Å²) >= 11 is 0. The van der Waals surface area contributed by atoms with Crippen molar-refractivity contribution in [2.24, 2.45) is 0 Å². The number of esters is 1. The highest BCUT2D eigenvalue weighted by Gasteiger charge is 2.44. The zero-order valence-electron chi connectivity index (χ0n) is 35.8. The van der Waals surface area contributed by atoms with Crippen molar-refractivity contribution in [1.82, 2.24) is 0 Å². The van der Waals surface area contributed by atoms with Gasteiger partial charge in [-0.15, -0.1) is 0 Å². The van der Waals surface area contributed by atoms with Gasteiger partial charge >= 0.3 is 5.97 Å². The summed E-state index contributed by atoms with van der Waals surface area (Å²) in [5, 5.41) is 40.1. The number of hydrogen-bond acceptors (Lipinski definition) is 9. The summed E-state index contributed by atoms with van der Waals surface area (Å²) in [6.07, 6.45) is 43.5. The summed E-state index contributed by atoms with van der Waals surface area (Å²) in [5.41, 5.74) is 0. The summed E-state index contributed by atoms with van der Waals surface area (Å²) in [6, 6.07) is 0. The van der Waals surface area contributed by atoms with Crippen LogP contribution in [0, 0.1) is 0 Å². The predicted octanol–water partition coefficient (Wildman–Crippen LogP) is 10.1. The first-order chi connectivity index (χ1) is 27.9. The smallest absolute Gasteiger partial charge is 0.306 e. The van der Waals surface area contributed by atoms with Gasteiger partial charge < -0.3 is 39.4 Å². The molecule has 9 nitrogen and oxygen atoms in total. The first kappa shape index (κ1) is 52.6. The lowest BCUT2D eigenvalue weighted by Crippen LogP contribution is -2.59. The number of carbonyl (C=O) groups excluding carboxylic acids is 1. The fourth-order valence-electron chi connectivity index (χ4n) is 6.33. The van der Waals surface area contributed by atoms with Gasteiger partial charge in [0.1, 0.15) is 30.5 Å². The van der Waals surface area contributed by atoms with E-state index in [9.17, 15) is 25.2 Å². The van der Waals surface area contributed by atoms with Crippen LogP contribution in [0.25, 0.3) is 0 Å². The van der Waals surface area contributed by atoms with Crippen molar-refractivity contribution >= 4 is 5.97 Å². The van der Waals surface area contributed by atoms with Crippen molar-refractivity contribution in [2.75, 3.05) is 26.4 Å². The highest BCUT2D eigenvalue weighted by molar-refractivity contribution is 5.69. The Morgan fingerprint density at radius 2 is 1.07 bits per heavy atom. The third kappa shape index (κ3) is 30.4. The number of allylic oxidation sites excluding steroid dienone is 12. The highest BCUT2D eigenvalue weighted by atomic mass is 16.7. The van der Waals surface area contributed by atoms with E-state index < -0.39 is 43.4 Å². The fraction of sp³-hybridized carbons (Fsp3) is 0.729. The zero-order valence-corrected chi connectivity index (χ0v) is 35.8. The molecule has 1 rings (SSSR count). The second-order valence-corrected chi connectivity index (χ2v) is 15.1. The minimum atomic E-state index is -1.55. The number of unbranched alkanes of at least 4 members (excludes halogenated alkanes) is 14. The van der Waals surface area contributed by atoms with Crippen LogP contribution in [0.3, 0.4) is 0 Å². The fourth-order valence-corrected chi connectivity index (χ4v) is 6.33. The number of aliphatic hydroxyl groups is 4. The minimum absolute atomic E-state index is 0.116. The van der Waals surface area contributed by atoms with E-state index in [0.29, 0.717) is 13.0 Å². The molecule has 6 unspecified atom stereocenters. The van der Waals surface area contributed by atoms with Crippen LogP contribution in [0.1, 0.15) is 162 Å². The topological polar surface area (TPSA) is 135 Å². The van der Waals surface area contributed by atoms with E-state index in [0.717, 1.165) is 89.9 Å². The SMILES string of the molecule is CC/C=C\C/C=C\C/C=C\C/C=C\CCCCCOCC(COC1OC(CO)C(O)C(O)C1O)OC(=O)CCCCCCCCC/C=C\C/C=C\CCCCCC. The van der Waals surface area contributed by atoms with Crippen LogP contribution in [0.15, 0.2) is 72.9 Å². The molecule has 0 aliphatic carbocycles. The molecule has 0 radical (unpaired) electrons. The van der Waals surface area contributed by atoms with Crippen LogP contribution < -0.4 is 0 Å². The molecule has 1 fully saturated rings. The third-order valence-electron chi connectivity index (χ3n) is 9.86. The van der Waals surface area contributed by atoms with E-state index in [1.54, 1.807) is 0 Å². The lowest BCUT2D eigenvalue weighted by atomic mass is 9.99. The number of aliphatic hydroxyl groups excluding tert-OH is 4. The zero-order chi connectivity index (χ0) is 41.4. The van der Waals surface area contributed by atoms with Gasteiger partial charge in [-0.05, 0) is 83.5 Å². The van der Waals surface area contributed by atoms with Crippen molar-refractivity contribution in [2.45, 2.75) is 198 Å². The van der Waals surface area contributed by atoms with Crippen LogP contribution in [0.5, 0.6) is 0 Å². The summed E-state index contributed by atoms with van der Waals surface area (Å²) in [6.45, 7) is 4.33. The van der Waals surface area contributed by atoms with Gasteiger partial charge in [-0.2, -0.15) is 0 Å². The van der Waals surface area contributed by atoms with Gasteiger partial charge in [0, 0.05) is 13.0 Å². The Kier molecular flexibility index (Phi) is 36.1. The van der Waals surface area contributed by atoms with Gasteiger partial charge in [0.2, 0.25) is 0 Å². The average molecular weight is 803 g/mol. The molecule has 0 aromatic rings. The highest BCUT2D eigenvalue weighted by Crippen LogP contribution is 2.22. The molecule has 1 saturated heterocycles. The minimum Gasteiger partial charge on any atom is -0.457 e. The Bertz CT molecular complexity index is 1100. The Balaban J connectivity index is 2.31. The summed E-state index contributed by atoms with van der Waals surface area (Å²) in [7, 11) is 0. The first-order valence-electron chi connectivity index (χ1n) is 22.5. The van der Waals surface area contributed by atoms with Gasteiger partial charge in [0.05, 0.1) is 19.8 Å². The van der Waals surface area contributed by atoms with Gasteiger partial charge in [0.15, 0.2) is 6.29 Å². The van der Waals surface area contributed by atoms with Crippen LogP contribution in [0.4, 0.5) is 0 Å². The summed E-state index contributed by atoms with van der Waals surface area (Å²) in [4.78, 5) is 12.8. The maximum absolute atomic E-state index is 12.8. The van der Waals surface area contributed by atoms with Crippen LogP contribution >= 0.6 is 0 Å². The first-order valence-corrected chi connectivity index (χ1v) is 22.5. The van der Waals surface area contributed by atoms with Crippen molar-refractivity contribution < 1.29 is 44.2 Å². The van der Waals surface area contributed by atoms with E-state index in [1.165, 1.54) is 51.4 Å². The normalized spacial score (nSPS) is 21.1. The maximum Gasteiger partial charge on any atom is 0.306 e. The Morgan fingerprint density at radius 1 is 0.579 bits per heavy atom. The van der Waals surface area contributed by atoms with Crippen molar-refractivity contribution in [3.8, 4) is 0 Å². The summed E-state index contributed by atoms with van der Waals surface area (Å²) < 4.78 is 22.8. The van der Waals surface area contributed by atoms with E-state index in [4.69, 9.17) is 18.9 Å². The monoisotopic (exact) mass is 803 g/mol. The molecule has 0 spiro atoms. The number of ether oxygens (including phenoxy) is 4. The third-order valence-corrected chi connectivity index (χ3v) is 9.86. The Labute approximate surface area is 347 Å². The van der Waals surface area contributed by atoms with Crippen LogP contribution in [-0.4, -0.2) is 89.6 Å². The summed E-state index contributed by atoms with van der Waals surface area (Å²) in [5.74, 6) is -0.336. The Hall–Kier alpha value is -2.37. The molecule has 0 aromatic carbocycles. The van der Waals surface area contributed by atoms with Gasteiger partial charge in [-0.1, -0.05) is 145 Å². The Morgan fingerprint density at radius 3 is 1.61 bits per heavy atom. The second-order valence-electron chi connectivity index (χ2n) is 15.1. The quantitative estimate of drug-likeness (QED) is 0.0275. The van der Waals surface area contributed by atoms with Crippen LogP contribution in [-0.2, 0) is 23.7 Å². The standard InChI is InChI=1S/C48H82O9/c1-3-5-7-9-11-13-15-17-19-21-22-23-25-27-29-31-33-35-37-44(50)56-42(41-55-48-47(53)46(52)45(51)43(39-49)57-48)40-54-38-36-34-32-30-28-26-24-20-18-16-14-12-10-8-6-4-2/h6,8,12-15,18-21,26,28,42-43,45-49,51-53H,3-5,7,9-11,16-17,22-25,27,29-41H2,1-2H3/b8-6-,14-12-,15-13-,20-18-,21-19-,28-26-. The molecule has 0 bridgehead atoms. The molecule has 0 saturated carbocycles. The largest absolute Gasteiger partial charge is 0.457 e. The predicted molar refractivity (Wildman–Crippen MR) is 233 cm³/mol.